The summed E-state index contributed by atoms with van der Waals surface area (Å²) in [4.78, 5) is 8.15. The van der Waals surface area contributed by atoms with Crippen LogP contribution in [0.15, 0.2) is 24.3 Å². The lowest BCUT2D eigenvalue weighted by atomic mass is 10.1. The zero-order valence-electron chi connectivity index (χ0n) is 13.7. The summed E-state index contributed by atoms with van der Waals surface area (Å²) in [7, 11) is 2.99. The Balaban J connectivity index is 2.13. The molecular formula is C17H22N2O4. The van der Waals surface area contributed by atoms with Crippen molar-refractivity contribution in [1.29, 1.82) is 0 Å². The minimum Gasteiger partial charge on any atom is -0.504 e. The van der Waals surface area contributed by atoms with E-state index in [2.05, 4.69) is 16.9 Å². The number of hydrogen-bond acceptors (Lipinski definition) is 6. The largest absolute Gasteiger partial charge is 0.504 e. The van der Waals surface area contributed by atoms with Crippen LogP contribution in [0.1, 0.15) is 31.7 Å². The minimum atomic E-state index is 0.0511. The zero-order chi connectivity index (χ0) is 16.7. The van der Waals surface area contributed by atoms with Crippen molar-refractivity contribution in [2.24, 2.45) is 0 Å². The molecule has 2 rings (SSSR count). The number of phenols is 1. The van der Waals surface area contributed by atoms with Gasteiger partial charge in [0, 0.05) is 0 Å². The summed E-state index contributed by atoms with van der Waals surface area (Å²) in [6.45, 7) is 2.16. The molecule has 1 heterocycles. The SMILES string of the molecule is CCCCCc1ccc(Oc2nc(OC)cc(OC)n2)c(O)c1. The monoisotopic (exact) mass is 318 g/mol. The first-order valence-electron chi connectivity index (χ1n) is 7.63. The summed E-state index contributed by atoms with van der Waals surface area (Å²) in [5.41, 5.74) is 1.08. The first-order valence-corrected chi connectivity index (χ1v) is 7.63. The number of methoxy groups -OCH3 is 2. The number of rotatable bonds is 8. The predicted molar refractivity (Wildman–Crippen MR) is 86.5 cm³/mol. The highest BCUT2D eigenvalue weighted by molar-refractivity contribution is 5.43. The molecule has 0 radical (unpaired) electrons. The van der Waals surface area contributed by atoms with E-state index in [1.54, 1.807) is 18.2 Å². The van der Waals surface area contributed by atoms with Gasteiger partial charge in [0.05, 0.1) is 20.3 Å². The summed E-state index contributed by atoms with van der Waals surface area (Å²) < 4.78 is 15.7. The third kappa shape index (κ3) is 4.74. The van der Waals surface area contributed by atoms with Gasteiger partial charge in [0.2, 0.25) is 11.8 Å². The van der Waals surface area contributed by atoms with Gasteiger partial charge < -0.3 is 19.3 Å². The maximum Gasteiger partial charge on any atom is 0.328 e. The van der Waals surface area contributed by atoms with E-state index in [1.165, 1.54) is 27.1 Å². The van der Waals surface area contributed by atoms with Crippen molar-refractivity contribution in [2.45, 2.75) is 32.6 Å². The standard InChI is InChI=1S/C17H22N2O4/c1-4-5-6-7-12-8-9-14(13(20)10-12)23-17-18-15(21-2)11-16(19-17)22-3/h8-11,20H,4-7H2,1-3H3. The van der Waals surface area contributed by atoms with E-state index in [-0.39, 0.29) is 11.8 Å². The van der Waals surface area contributed by atoms with Crippen LogP contribution < -0.4 is 14.2 Å². The molecule has 1 aromatic carbocycles. The van der Waals surface area contributed by atoms with Gasteiger partial charge in [0.15, 0.2) is 11.5 Å². The lowest BCUT2D eigenvalue weighted by Gasteiger charge is -2.10. The molecule has 124 valence electrons. The first-order chi connectivity index (χ1) is 11.2. The van der Waals surface area contributed by atoms with E-state index >= 15 is 0 Å². The fourth-order valence-electron chi connectivity index (χ4n) is 2.12. The van der Waals surface area contributed by atoms with Crippen LogP contribution >= 0.6 is 0 Å². The van der Waals surface area contributed by atoms with E-state index in [0.29, 0.717) is 17.5 Å². The molecule has 0 aliphatic rings. The number of ether oxygens (including phenoxy) is 3. The number of nitrogens with zero attached hydrogens (tertiary/aromatic N) is 2. The van der Waals surface area contributed by atoms with Gasteiger partial charge in [-0.2, -0.15) is 9.97 Å². The van der Waals surface area contributed by atoms with Crippen molar-refractivity contribution in [3.63, 3.8) is 0 Å². The molecule has 2 aromatic rings. The van der Waals surface area contributed by atoms with Crippen LogP contribution in [0.5, 0.6) is 29.3 Å². The van der Waals surface area contributed by atoms with Gasteiger partial charge in [-0.1, -0.05) is 25.8 Å². The lowest BCUT2D eigenvalue weighted by Crippen LogP contribution is -1.98. The van der Waals surface area contributed by atoms with E-state index < -0.39 is 0 Å². The molecule has 0 amide bonds. The third-order valence-electron chi connectivity index (χ3n) is 3.37. The second-order valence-corrected chi connectivity index (χ2v) is 5.10. The van der Waals surface area contributed by atoms with Gasteiger partial charge in [-0.25, -0.2) is 0 Å². The highest BCUT2D eigenvalue weighted by Gasteiger charge is 2.11. The molecule has 0 fully saturated rings. The van der Waals surface area contributed by atoms with Gasteiger partial charge in [-0.05, 0) is 30.5 Å². The van der Waals surface area contributed by atoms with Crippen molar-refractivity contribution in [3.05, 3.63) is 29.8 Å². The molecule has 1 N–H and O–H groups in total. The summed E-state index contributed by atoms with van der Waals surface area (Å²) in [6, 6.07) is 6.95. The molecular weight excluding hydrogens is 296 g/mol. The number of benzene rings is 1. The van der Waals surface area contributed by atoms with Crippen molar-refractivity contribution in [1.82, 2.24) is 9.97 Å². The molecule has 0 spiro atoms. The number of unbranched alkanes of at least 4 members (excludes halogenated alkanes) is 2. The van der Waals surface area contributed by atoms with Crippen LogP contribution in [0.4, 0.5) is 0 Å². The van der Waals surface area contributed by atoms with E-state index in [9.17, 15) is 5.11 Å². The predicted octanol–water partition coefficient (Wildman–Crippen LogP) is 3.72. The van der Waals surface area contributed by atoms with Gasteiger partial charge in [0.25, 0.3) is 0 Å². The number of hydrogen-bond donors (Lipinski definition) is 1. The number of aromatic nitrogens is 2. The highest BCUT2D eigenvalue weighted by Crippen LogP contribution is 2.31. The van der Waals surface area contributed by atoms with E-state index in [4.69, 9.17) is 14.2 Å². The Bertz CT molecular complexity index is 624. The molecule has 0 unspecified atom stereocenters. The van der Waals surface area contributed by atoms with Gasteiger partial charge >= 0.3 is 6.01 Å². The van der Waals surface area contributed by atoms with Crippen LogP contribution in [0, 0.1) is 0 Å². The lowest BCUT2D eigenvalue weighted by molar-refractivity contribution is 0.341. The molecule has 0 aliphatic carbocycles. The van der Waals surface area contributed by atoms with Crippen molar-refractivity contribution >= 4 is 0 Å². The second-order valence-electron chi connectivity index (χ2n) is 5.10. The maximum absolute atomic E-state index is 10.1. The van der Waals surface area contributed by atoms with Crippen LogP contribution in [0.3, 0.4) is 0 Å². The topological polar surface area (TPSA) is 73.7 Å². The average molecular weight is 318 g/mol. The van der Waals surface area contributed by atoms with Crippen LogP contribution in [0.25, 0.3) is 0 Å². The van der Waals surface area contributed by atoms with E-state index in [0.717, 1.165) is 18.4 Å². The average Bonchev–Trinajstić information content (AvgIpc) is 2.57. The smallest absolute Gasteiger partial charge is 0.328 e. The summed E-state index contributed by atoms with van der Waals surface area (Å²) in [5, 5.41) is 10.1. The van der Waals surface area contributed by atoms with Crippen LogP contribution in [-0.4, -0.2) is 29.3 Å². The molecule has 23 heavy (non-hydrogen) atoms. The van der Waals surface area contributed by atoms with E-state index in [1.807, 2.05) is 6.07 Å². The second kappa shape index (κ2) is 8.22. The molecule has 1 aromatic heterocycles. The molecule has 6 heteroatoms. The molecule has 0 bridgehead atoms. The highest BCUT2D eigenvalue weighted by atomic mass is 16.5. The fourth-order valence-corrected chi connectivity index (χ4v) is 2.12. The summed E-state index contributed by atoms with van der Waals surface area (Å²) in [6.07, 6.45) is 4.39. The normalized spacial score (nSPS) is 10.4. The fraction of sp³-hybridized carbons (Fsp3) is 0.412. The van der Waals surface area contributed by atoms with Gasteiger partial charge in [-0.15, -0.1) is 0 Å². The number of phenolic OH excluding ortho intramolecular Hbond substituents is 1. The van der Waals surface area contributed by atoms with Gasteiger partial charge in [-0.3, -0.25) is 0 Å². The summed E-state index contributed by atoms with van der Waals surface area (Å²) in [5.74, 6) is 0.994. The molecule has 0 saturated heterocycles. The van der Waals surface area contributed by atoms with Crippen molar-refractivity contribution in [3.8, 4) is 29.3 Å². The molecule has 6 nitrogen and oxygen atoms in total. The van der Waals surface area contributed by atoms with Crippen molar-refractivity contribution in [2.75, 3.05) is 14.2 Å². The van der Waals surface area contributed by atoms with Gasteiger partial charge in [0.1, 0.15) is 0 Å². The van der Waals surface area contributed by atoms with Crippen LogP contribution in [-0.2, 0) is 6.42 Å². The Morgan fingerprint density at radius 3 is 2.26 bits per heavy atom. The van der Waals surface area contributed by atoms with Crippen molar-refractivity contribution < 1.29 is 19.3 Å². The Morgan fingerprint density at radius 1 is 1.00 bits per heavy atom. The Kier molecular flexibility index (Phi) is 6.02. The molecule has 0 aliphatic heterocycles. The first kappa shape index (κ1) is 16.9. The Morgan fingerprint density at radius 2 is 1.70 bits per heavy atom. The minimum absolute atomic E-state index is 0.0511. The zero-order valence-corrected chi connectivity index (χ0v) is 13.7. The maximum atomic E-state index is 10.1. The Labute approximate surface area is 136 Å². The molecule has 0 saturated carbocycles. The third-order valence-corrected chi connectivity index (χ3v) is 3.37. The quantitative estimate of drug-likeness (QED) is 0.748. The van der Waals surface area contributed by atoms with Crippen LogP contribution in [0.2, 0.25) is 0 Å². The summed E-state index contributed by atoms with van der Waals surface area (Å²) >= 11 is 0. The number of aryl methyl sites for hydroxylation is 1. The number of aromatic hydroxyl groups is 1. The Hall–Kier alpha value is -2.50. The molecule has 0 atom stereocenters.